The summed E-state index contributed by atoms with van der Waals surface area (Å²) in [4.78, 5) is 51.2. The fraction of sp³-hybridized carbons (Fsp3) is 0.368. The van der Waals surface area contributed by atoms with E-state index in [-0.39, 0.29) is 34.8 Å². The fourth-order valence-corrected chi connectivity index (χ4v) is 3.98. The monoisotopic (exact) mass is 440 g/mol. The van der Waals surface area contributed by atoms with E-state index in [1.165, 1.54) is 17.0 Å². The number of carbonyl (C=O) groups is 4. The summed E-state index contributed by atoms with van der Waals surface area (Å²) in [6, 6.07) is 3.48. The van der Waals surface area contributed by atoms with Gasteiger partial charge in [-0.3, -0.25) is 14.4 Å². The largest absolute Gasteiger partial charge is 0.478 e. The van der Waals surface area contributed by atoms with Gasteiger partial charge in [-0.25, -0.2) is 9.69 Å². The van der Waals surface area contributed by atoms with E-state index in [0.29, 0.717) is 19.1 Å². The van der Waals surface area contributed by atoms with E-state index in [4.69, 9.17) is 33.0 Å². The molecule has 0 aromatic heterocycles. The third kappa shape index (κ3) is 4.60. The van der Waals surface area contributed by atoms with Crippen LogP contribution < -0.4 is 4.90 Å². The van der Waals surface area contributed by atoms with Crippen molar-refractivity contribution < 1.29 is 29.0 Å². The van der Waals surface area contributed by atoms with Crippen molar-refractivity contribution in [1.29, 1.82) is 0 Å². The van der Waals surface area contributed by atoms with Crippen molar-refractivity contribution in [3.8, 4) is 0 Å². The highest BCUT2D eigenvalue weighted by Crippen LogP contribution is 2.37. The van der Waals surface area contributed by atoms with E-state index in [1.807, 2.05) is 0 Å². The minimum Gasteiger partial charge on any atom is -0.478 e. The lowest BCUT2D eigenvalue weighted by molar-refractivity contribution is -0.136. The Bertz CT molecular complexity index is 861. The van der Waals surface area contributed by atoms with Crippen LogP contribution in [-0.4, -0.2) is 59.0 Å². The number of imide groups is 1. The van der Waals surface area contributed by atoms with E-state index < -0.39 is 29.7 Å². The van der Waals surface area contributed by atoms with Crippen LogP contribution >= 0.6 is 23.2 Å². The summed E-state index contributed by atoms with van der Waals surface area (Å²) in [6.45, 7) is 0.604. The number of amides is 3. The third-order valence-corrected chi connectivity index (χ3v) is 5.35. The molecule has 0 radical (unpaired) electrons. The molecule has 2 saturated heterocycles. The second-order valence-electron chi connectivity index (χ2n) is 6.65. The molecule has 0 saturated carbocycles. The first-order chi connectivity index (χ1) is 13.8. The highest BCUT2D eigenvalue weighted by Gasteiger charge is 2.46. The standard InChI is InChI=1S/C19H18Cl2N2O6/c20-12-4-1-5-13(21)18(12)23-16(25)9-14(19(23)28)22(10-11-3-2-8-29-11)15(24)6-7-17(26)27/h1,4-7,11,14H,2-3,8-10H2,(H,26,27)/b7-6+/t11-,14+/m1/s1. The number of benzene rings is 1. The Morgan fingerprint density at radius 3 is 2.52 bits per heavy atom. The molecule has 29 heavy (non-hydrogen) atoms. The van der Waals surface area contributed by atoms with Crippen molar-refractivity contribution in [2.24, 2.45) is 0 Å². The molecule has 2 heterocycles. The molecular weight excluding hydrogens is 423 g/mol. The highest BCUT2D eigenvalue weighted by atomic mass is 35.5. The van der Waals surface area contributed by atoms with E-state index in [1.54, 1.807) is 6.07 Å². The van der Waals surface area contributed by atoms with Crippen LogP contribution in [0.3, 0.4) is 0 Å². The minimum absolute atomic E-state index is 0.0660. The Morgan fingerprint density at radius 2 is 1.93 bits per heavy atom. The Hall–Kier alpha value is -2.42. The lowest BCUT2D eigenvalue weighted by Gasteiger charge is -2.29. The number of halogens is 2. The number of nitrogens with zero attached hydrogens (tertiary/aromatic N) is 2. The van der Waals surface area contributed by atoms with Crippen LogP contribution in [0.5, 0.6) is 0 Å². The van der Waals surface area contributed by atoms with Crippen LogP contribution in [0.4, 0.5) is 5.69 Å². The molecule has 2 aliphatic heterocycles. The number of carboxylic acid groups (broad SMARTS) is 1. The zero-order chi connectivity index (χ0) is 21.1. The summed E-state index contributed by atoms with van der Waals surface area (Å²) >= 11 is 12.3. The SMILES string of the molecule is O=C(O)/C=C/C(=O)N(C[C@H]1CCCO1)[C@H]1CC(=O)N(c2c(Cl)cccc2Cl)C1=O. The third-order valence-electron chi connectivity index (χ3n) is 4.74. The van der Waals surface area contributed by atoms with Gasteiger partial charge in [-0.15, -0.1) is 0 Å². The van der Waals surface area contributed by atoms with Crippen molar-refractivity contribution in [2.75, 3.05) is 18.1 Å². The maximum Gasteiger partial charge on any atom is 0.328 e. The molecule has 1 aromatic rings. The molecule has 1 aromatic carbocycles. The molecule has 1 N–H and O–H groups in total. The van der Waals surface area contributed by atoms with E-state index in [2.05, 4.69) is 0 Å². The average molecular weight is 441 g/mol. The molecule has 0 aliphatic carbocycles. The molecule has 3 amide bonds. The highest BCUT2D eigenvalue weighted by molar-refractivity contribution is 6.42. The molecular formula is C19H18Cl2N2O6. The van der Waals surface area contributed by atoms with Crippen molar-refractivity contribution >= 4 is 52.6 Å². The van der Waals surface area contributed by atoms with Crippen LogP contribution in [-0.2, 0) is 23.9 Å². The van der Waals surface area contributed by atoms with Crippen molar-refractivity contribution in [1.82, 2.24) is 4.90 Å². The van der Waals surface area contributed by atoms with Crippen LogP contribution in [0.1, 0.15) is 19.3 Å². The average Bonchev–Trinajstić information content (AvgIpc) is 3.27. The van der Waals surface area contributed by atoms with E-state index >= 15 is 0 Å². The number of hydrogen-bond acceptors (Lipinski definition) is 5. The van der Waals surface area contributed by atoms with Crippen LogP contribution in [0, 0.1) is 0 Å². The Morgan fingerprint density at radius 1 is 1.24 bits per heavy atom. The Labute approximate surface area is 176 Å². The van der Waals surface area contributed by atoms with Gasteiger partial charge in [-0.2, -0.15) is 0 Å². The summed E-state index contributed by atoms with van der Waals surface area (Å²) in [6.07, 6.45) is 2.50. The lowest BCUT2D eigenvalue weighted by atomic mass is 10.1. The van der Waals surface area contributed by atoms with Crippen molar-refractivity contribution in [3.63, 3.8) is 0 Å². The first-order valence-corrected chi connectivity index (χ1v) is 9.69. The molecule has 8 nitrogen and oxygen atoms in total. The normalized spacial score (nSPS) is 21.9. The van der Waals surface area contributed by atoms with Gasteiger partial charge in [0.1, 0.15) is 6.04 Å². The number of ether oxygens (including phenoxy) is 1. The number of aliphatic carboxylic acids is 1. The summed E-state index contributed by atoms with van der Waals surface area (Å²) in [5.74, 6) is -3.20. The predicted octanol–water partition coefficient (Wildman–Crippen LogP) is 2.27. The van der Waals surface area contributed by atoms with Gasteiger partial charge in [0.25, 0.3) is 5.91 Å². The van der Waals surface area contributed by atoms with Gasteiger partial charge in [0.05, 0.1) is 28.3 Å². The van der Waals surface area contributed by atoms with Crippen LogP contribution in [0.2, 0.25) is 10.0 Å². The summed E-state index contributed by atoms with van der Waals surface area (Å²) in [5.41, 5.74) is 0.0685. The smallest absolute Gasteiger partial charge is 0.328 e. The van der Waals surface area contributed by atoms with Gasteiger partial charge in [-0.1, -0.05) is 29.3 Å². The van der Waals surface area contributed by atoms with Gasteiger partial charge in [0, 0.05) is 25.3 Å². The van der Waals surface area contributed by atoms with Gasteiger partial charge >= 0.3 is 5.97 Å². The van der Waals surface area contributed by atoms with Crippen molar-refractivity contribution in [2.45, 2.75) is 31.4 Å². The van der Waals surface area contributed by atoms with E-state index in [0.717, 1.165) is 17.4 Å². The minimum atomic E-state index is -1.30. The van der Waals surface area contributed by atoms with Crippen LogP contribution in [0.25, 0.3) is 0 Å². The zero-order valence-electron chi connectivity index (χ0n) is 15.2. The molecule has 2 fully saturated rings. The van der Waals surface area contributed by atoms with Gasteiger partial charge in [-0.05, 0) is 25.0 Å². The number of carbonyl (C=O) groups excluding carboxylic acids is 3. The van der Waals surface area contributed by atoms with Gasteiger partial charge < -0.3 is 14.7 Å². The molecule has 3 rings (SSSR count). The number of carboxylic acids is 1. The van der Waals surface area contributed by atoms with E-state index in [9.17, 15) is 19.2 Å². The Kier molecular flexibility index (Phi) is 6.56. The maximum absolute atomic E-state index is 13.1. The second-order valence-corrected chi connectivity index (χ2v) is 7.47. The first kappa shape index (κ1) is 21.3. The quantitative estimate of drug-likeness (QED) is 0.537. The molecule has 0 spiro atoms. The molecule has 0 bridgehead atoms. The van der Waals surface area contributed by atoms with Gasteiger partial charge in [0.2, 0.25) is 11.8 Å². The predicted molar refractivity (Wildman–Crippen MR) is 105 cm³/mol. The Balaban J connectivity index is 1.91. The lowest BCUT2D eigenvalue weighted by Crippen LogP contribution is -2.48. The summed E-state index contributed by atoms with van der Waals surface area (Å²) in [7, 11) is 0. The molecule has 154 valence electrons. The molecule has 10 heteroatoms. The summed E-state index contributed by atoms with van der Waals surface area (Å²) < 4.78 is 5.54. The topological polar surface area (TPSA) is 104 Å². The number of anilines is 1. The second kappa shape index (κ2) is 8.94. The number of hydrogen-bond donors (Lipinski definition) is 1. The molecule has 2 aliphatic rings. The number of para-hydroxylation sites is 1. The number of rotatable bonds is 6. The zero-order valence-corrected chi connectivity index (χ0v) is 16.7. The maximum atomic E-state index is 13.1. The van der Waals surface area contributed by atoms with Crippen LogP contribution in [0.15, 0.2) is 30.4 Å². The van der Waals surface area contributed by atoms with Crippen molar-refractivity contribution in [3.05, 3.63) is 40.4 Å². The summed E-state index contributed by atoms with van der Waals surface area (Å²) in [5, 5.41) is 9.05. The molecule has 2 atom stereocenters. The fourth-order valence-electron chi connectivity index (χ4n) is 3.41. The van der Waals surface area contributed by atoms with Gasteiger partial charge in [0.15, 0.2) is 0 Å². The molecule has 0 unspecified atom stereocenters. The first-order valence-electron chi connectivity index (χ1n) is 8.93.